The fourth-order valence-electron chi connectivity index (χ4n) is 4.07. The zero-order valence-electron chi connectivity index (χ0n) is 20.9. The smallest absolute Gasteiger partial charge is 0.186 e. The number of allylic oxidation sites excluding steroid dienone is 1. The Bertz CT molecular complexity index is 1330. The van der Waals surface area contributed by atoms with E-state index in [1.165, 1.54) is 5.69 Å². The Balaban J connectivity index is 1.72. The lowest BCUT2D eigenvalue weighted by atomic mass is 10.1. The highest BCUT2D eigenvalue weighted by atomic mass is 16.5. The molecule has 180 valence electrons. The topological polar surface area (TPSA) is 88.6 Å². The maximum Gasteiger partial charge on any atom is 0.186 e. The molecule has 0 aliphatic carbocycles. The van der Waals surface area contributed by atoms with E-state index in [0.717, 1.165) is 37.2 Å². The van der Waals surface area contributed by atoms with Crippen molar-refractivity contribution in [2.24, 2.45) is 4.99 Å². The molecule has 0 unspecified atom stereocenters. The van der Waals surface area contributed by atoms with Gasteiger partial charge in [0, 0.05) is 24.9 Å². The number of aryl methyl sites for hydroxylation is 1. The Labute approximate surface area is 206 Å². The van der Waals surface area contributed by atoms with Crippen LogP contribution < -0.4 is 14.4 Å². The number of aromatic nitrogens is 3. The summed E-state index contributed by atoms with van der Waals surface area (Å²) in [7, 11) is 3.21. The van der Waals surface area contributed by atoms with Gasteiger partial charge in [-0.1, -0.05) is 13.3 Å². The third-order valence-electron chi connectivity index (χ3n) is 6.05. The Morgan fingerprint density at radius 2 is 1.94 bits per heavy atom. The number of benzene rings is 2. The fourth-order valence-corrected chi connectivity index (χ4v) is 4.07. The van der Waals surface area contributed by atoms with E-state index in [0.29, 0.717) is 40.1 Å². The molecule has 35 heavy (non-hydrogen) atoms. The monoisotopic (exact) mass is 470 g/mol. The number of nitrogens with zero attached hydrogens (tertiary/aromatic N) is 6. The molecule has 2 aromatic carbocycles. The quantitative estimate of drug-likeness (QED) is 0.416. The van der Waals surface area contributed by atoms with Crippen LogP contribution in [0.4, 0.5) is 11.4 Å². The van der Waals surface area contributed by atoms with Crippen molar-refractivity contribution < 1.29 is 9.47 Å². The maximum atomic E-state index is 9.73. The summed E-state index contributed by atoms with van der Waals surface area (Å²) in [5.41, 5.74) is 4.13. The largest absolute Gasteiger partial charge is 0.497 e. The Hall–Kier alpha value is -4.12. The average Bonchev–Trinajstić information content (AvgIpc) is 3.44. The minimum atomic E-state index is 0.422. The van der Waals surface area contributed by atoms with Crippen molar-refractivity contribution in [1.29, 1.82) is 5.26 Å². The molecule has 0 bridgehead atoms. The van der Waals surface area contributed by atoms with Gasteiger partial charge in [0.05, 0.1) is 25.5 Å². The number of hydrogen-bond donors (Lipinski definition) is 0. The van der Waals surface area contributed by atoms with Crippen molar-refractivity contribution in [2.75, 3.05) is 32.2 Å². The predicted molar refractivity (Wildman–Crippen MR) is 139 cm³/mol. The molecule has 8 heteroatoms. The molecule has 0 saturated carbocycles. The number of rotatable bonds is 9. The second-order valence-corrected chi connectivity index (χ2v) is 8.28. The summed E-state index contributed by atoms with van der Waals surface area (Å²) in [4.78, 5) is 11.8. The summed E-state index contributed by atoms with van der Waals surface area (Å²) in [6, 6.07) is 13.9. The number of anilines is 1. The zero-order chi connectivity index (χ0) is 24.9. The van der Waals surface area contributed by atoms with Crippen molar-refractivity contribution in [3.63, 3.8) is 0 Å². The van der Waals surface area contributed by atoms with Crippen LogP contribution >= 0.6 is 0 Å². The lowest BCUT2D eigenvalue weighted by molar-refractivity contribution is 0.404. The molecule has 2 heterocycles. The third-order valence-corrected chi connectivity index (χ3v) is 6.05. The summed E-state index contributed by atoms with van der Waals surface area (Å²) in [6.07, 6.45) is 4.02. The highest BCUT2D eigenvalue weighted by Gasteiger charge is 2.26. The van der Waals surface area contributed by atoms with Gasteiger partial charge in [0.2, 0.25) is 0 Å². The van der Waals surface area contributed by atoms with Crippen molar-refractivity contribution >= 4 is 23.3 Å². The number of nitriles is 1. The lowest BCUT2D eigenvalue weighted by Gasteiger charge is -2.23. The van der Waals surface area contributed by atoms with Crippen molar-refractivity contribution in [3.8, 4) is 29.0 Å². The second-order valence-electron chi connectivity index (χ2n) is 8.28. The molecule has 8 nitrogen and oxygen atoms in total. The average molecular weight is 471 g/mol. The van der Waals surface area contributed by atoms with E-state index in [1.54, 1.807) is 25.0 Å². The van der Waals surface area contributed by atoms with Gasteiger partial charge in [-0.2, -0.15) is 9.94 Å². The van der Waals surface area contributed by atoms with Gasteiger partial charge in [-0.25, -0.2) is 9.98 Å². The molecule has 0 atom stereocenters. The lowest BCUT2D eigenvalue weighted by Crippen LogP contribution is -2.23. The van der Waals surface area contributed by atoms with Gasteiger partial charge < -0.3 is 14.4 Å². The van der Waals surface area contributed by atoms with E-state index in [2.05, 4.69) is 47.0 Å². The van der Waals surface area contributed by atoms with E-state index in [4.69, 9.17) is 14.5 Å². The van der Waals surface area contributed by atoms with E-state index < -0.39 is 0 Å². The zero-order valence-corrected chi connectivity index (χ0v) is 20.9. The minimum Gasteiger partial charge on any atom is -0.497 e. The summed E-state index contributed by atoms with van der Waals surface area (Å²) in [5.74, 6) is 2.78. The van der Waals surface area contributed by atoms with Gasteiger partial charge in [-0.3, -0.25) is 0 Å². The molecule has 0 saturated heterocycles. The summed E-state index contributed by atoms with van der Waals surface area (Å²) in [6.45, 7) is 8.39. The minimum absolute atomic E-state index is 0.422. The fraction of sp³-hybridized carbons (Fsp3) is 0.333. The maximum absolute atomic E-state index is 9.73. The first-order valence-electron chi connectivity index (χ1n) is 11.8. The Morgan fingerprint density at radius 1 is 1.11 bits per heavy atom. The molecule has 0 amide bonds. The summed E-state index contributed by atoms with van der Waals surface area (Å²) in [5, 5.41) is 14.4. The molecular formula is C27H30N6O2. The third kappa shape index (κ3) is 4.76. The van der Waals surface area contributed by atoms with Crippen molar-refractivity contribution in [1.82, 2.24) is 14.8 Å². The molecule has 4 rings (SSSR count). The number of unbranched alkanes of at least 4 members (excludes halogenated alkanes) is 1. The molecule has 1 aromatic heterocycles. The van der Waals surface area contributed by atoms with Crippen LogP contribution in [0.25, 0.3) is 17.5 Å². The first kappa shape index (κ1) is 24.0. The van der Waals surface area contributed by atoms with E-state index in [9.17, 15) is 5.26 Å². The number of ether oxygens (including phenoxy) is 2. The van der Waals surface area contributed by atoms with Crippen LogP contribution in [0.5, 0.6) is 11.5 Å². The number of fused-ring (bicyclic) bond motifs is 1. The van der Waals surface area contributed by atoms with Gasteiger partial charge in [0.15, 0.2) is 17.5 Å². The summed E-state index contributed by atoms with van der Waals surface area (Å²) >= 11 is 0. The molecule has 0 fully saturated rings. The van der Waals surface area contributed by atoms with Crippen molar-refractivity contribution in [3.05, 3.63) is 53.4 Å². The number of aliphatic imine (C=N–C) groups is 1. The van der Waals surface area contributed by atoms with Crippen molar-refractivity contribution in [2.45, 2.75) is 33.6 Å². The number of hydrogen-bond acceptors (Lipinski definition) is 7. The summed E-state index contributed by atoms with van der Waals surface area (Å²) < 4.78 is 12.5. The molecule has 0 spiro atoms. The number of methoxy groups -OCH3 is 2. The van der Waals surface area contributed by atoms with Crippen LogP contribution in [-0.4, -0.2) is 47.9 Å². The van der Waals surface area contributed by atoms with Crippen LogP contribution in [0.2, 0.25) is 0 Å². The predicted octanol–water partition coefficient (Wildman–Crippen LogP) is 5.40. The standard InChI is InChI=1S/C27H30N6O2/c1-6-8-13-32(7-2)20-9-11-23(18(3)14-20)29-27-19(17-28)15-25-30-26(31-33(25)27)22-16-21(34-4)10-12-24(22)35-5/h9-12,14-16H,6-8,13H2,1-5H3. The van der Waals surface area contributed by atoms with Gasteiger partial charge in [0.25, 0.3) is 0 Å². The van der Waals surface area contributed by atoms with Crippen LogP contribution in [-0.2, 0) is 0 Å². The highest BCUT2D eigenvalue weighted by molar-refractivity contribution is 6.11. The van der Waals surface area contributed by atoms with Gasteiger partial charge in [0.1, 0.15) is 23.1 Å². The Morgan fingerprint density at radius 3 is 2.60 bits per heavy atom. The van der Waals surface area contributed by atoms with E-state index in [1.807, 2.05) is 31.2 Å². The molecular weight excluding hydrogens is 440 g/mol. The van der Waals surface area contributed by atoms with Crippen LogP contribution in [0.1, 0.15) is 38.1 Å². The molecule has 3 aromatic rings. The van der Waals surface area contributed by atoms with Crippen LogP contribution in [0.3, 0.4) is 0 Å². The molecule has 0 radical (unpaired) electrons. The van der Waals surface area contributed by atoms with E-state index in [-0.39, 0.29) is 0 Å². The highest BCUT2D eigenvalue weighted by Crippen LogP contribution is 2.33. The van der Waals surface area contributed by atoms with Crippen LogP contribution in [0, 0.1) is 18.3 Å². The molecule has 1 aliphatic heterocycles. The Kier molecular flexibility index (Phi) is 7.16. The molecule has 0 N–H and O–H groups in total. The van der Waals surface area contributed by atoms with Crippen LogP contribution in [0.15, 0.2) is 47.0 Å². The second kappa shape index (κ2) is 10.4. The van der Waals surface area contributed by atoms with Gasteiger partial charge in [-0.05, 0) is 62.2 Å². The first-order chi connectivity index (χ1) is 17.0. The normalized spacial score (nSPS) is 13.4. The van der Waals surface area contributed by atoms with E-state index >= 15 is 0 Å². The molecule has 1 aliphatic rings. The van der Waals surface area contributed by atoms with Gasteiger partial charge in [-0.15, -0.1) is 5.10 Å². The van der Waals surface area contributed by atoms with Gasteiger partial charge >= 0.3 is 0 Å². The SMILES string of the molecule is CCCCN(CC)c1ccc(N=C2C(C#N)=Cc3nc(-c4cc(OC)ccc4OC)nn32)c(C)c1. The first-order valence-corrected chi connectivity index (χ1v) is 11.8.